The number of hydrogen-bond donors (Lipinski definition) is 2. The maximum absolute atomic E-state index is 5.91. The molecule has 7 nitrogen and oxygen atoms in total. The van der Waals surface area contributed by atoms with Crippen molar-refractivity contribution in [2.75, 3.05) is 20.7 Å². The number of hydrogen-bond acceptors (Lipinski definition) is 4. The highest BCUT2D eigenvalue weighted by Crippen LogP contribution is 2.30. The topological polar surface area (TPSA) is 72.7 Å². The summed E-state index contributed by atoms with van der Waals surface area (Å²) in [6, 6.07) is 17.5. The molecule has 0 fully saturated rings. The van der Waals surface area contributed by atoms with Crippen LogP contribution in [0.2, 0.25) is 0 Å². The predicted molar refractivity (Wildman–Crippen MR) is 115 cm³/mol. The number of rotatable bonds is 9. The molecule has 3 rings (SSSR count). The van der Waals surface area contributed by atoms with Gasteiger partial charge in [0.15, 0.2) is 17.5 Å². The summed E-state index contributed by atoms with van der Waals surface area (Å²) >= 11 is 0. The van der Waals surface area contributed by atoms with E-state index in [0.29, 0.717) is 18.0 Å². The van der Waals surface area contributed by atoms with E-state index < -0.39 is 0 Å². The van der Waals surface area contributed by atoms with Gasteiger partial charge in [-0.25, -0.2) is 0 Å². The van der Waals surface area contributed by atoms with Crippen molar-refractivity contribution in [1.82, 2.24) is 20.4 Å². The Morgan fingerprint density at radius 2 is 1.83 bits per heavy atom. The van der Waals surface area contributed by atoms with Gasteiger partial charge in [-0.1, -0.05) is 24.3 Å². The lowest BCUT2D eigenvalue weighted by Gasteiger charge is -2.13. The second kappa shape index (κ2) is 10.8. The predicted octanol–water partition coefficient (Wildman–Crippen LogP) is 3.44. The van der Waals surface area contributed by atoms with Crippen LogP contribution in [0.3, 0.4) is 0 Å². The number of methoxy groups -OCH3 is 1. The van der Waals surface area contributed by atoms with Gasteiger partial charge in [0.1, 0.15) is 5.75 Å². The van der Waals surface area contributed by atoms with Crippen molar-refractivity contribution in [2.45, 2.75) is 19.5 Å². The molecule has 29 heavy (non-hydrogen) atoms. The molecule has 0 radical (unpaired) electrons. The van der Waals surface area contributed by atoms with Gasteiger partial charge in [-0.05, 0) is 42.3 Å². The first-order valence-corrected chi connectivity index (χ1v) is 9.60. The quantitative estimate of drug-likeness (QED) is 0.331. The van der Waals surface area contributed by atoms with Crippen molar-refractivity contribution < 1.29 is 9.47 Å². The highest BCUT2D eigenvalue weighted by atomic mass is 16.5. The minimum absolute atomic E-state index is 0.674. The van der Waals surface area contributed by atoms with Crippen molar-refractivity contribution in [1.29, 1.82) is 0 Å². The molecule has 0 saturated carbocycles. The highest BCUT2D eigenvalue weighted by Gasteiger charge is 2.05. The first kappa shape index (κ1) is 20.3. The number of para-hydroxylation sites is 2. The molecule has 2 aromatic carbocycles. The summed E-state index contributed by atoms with van der Waals surface area (Å²) in [6.45, 7) is 2.38. The molecule has 0 unspecified atom stereocenters. The van der Waals surface area contributed by atoms with Crippen LogP contribution in [-0.4, -0.2) is 36.4 Å². The zero-order valence-electron chi connectivity index (χ0n) is 16.8. The van der Waals surface area contributed by atoms with E-state index in [1.807, 2.05) is 65.5 Å². The van der Waals surface area contributed by atoms with Crippen molar-refractivity contribution >= 4 is 5.96 Å². The van der Waals surface area contributed by atoms with Gasteiger partial charge in [0.05, 0.1) is 7.11 Å². The van der Waals surface area contributed by atoms with Crippen LogP contribution in [-0.2, 0) is 13.1 Å². The molecule has 0 spiro atoms. The van der Waals surface area contributed by atoms with Crippen LogP contribution in [0.1, 0.15) is 12.0 Å². The lowest BCUT2D eigenvalue weighted by Crippen LogP contribution is -2.37. The molecule has 0 amide bonds. The number of guanidine groups is 1. The maximum Gasteiger partial charge on any atom is 0.191 e. The van der Waals surface area contributed by atoms with Crippen LogP contribution in [0.15, 0.2) is 72.0 Å². The summed E-state index contributed by atoms with van der Waals surface area (Å²) in [6.07, 6.45) is 4.73. The summed E-state index contributed by atoms with van der Waals surface area (Å²) < 4.78 is 13.2. The average Bonchev–Trinajstić information content (AvgIpc) is 3.28. The maximum atomic E-state index is 5.91. The fourth-order valence-corrected chi connectivity index (χ4v) is 2.79. The van der Waals surface area contributed by atoms with E-state index in [-0.39, 0.29) is 0 Å². The number of nitrogens with one attached hydrogen (secondary N) is 2. The minimum Gasteiger partial charge on any atom is -0.493 e. The fraction of sp³-hybridized carbons (Fsp3) is 0.273. The second-order valence-corrected chi connectivity index (χ2v) is 6.37. The number of ether oxygens (including phenoxy) is 2. The lowest BCUT2D eigenvalue weighted by molar-refractivity contribution is 0.379. The van der Waals surface area contributed by atoms with E-state index >= 15 is 0 Å². The van der Waals surface area contributed by atoms with Crippen LogP contribution in [0.25, 0.3) is 0 Å². The van der Waals surface area contributed by atoms with E-state index in [1.165, 1.54) is 0 Å². The Kier molecular flexibility index (Phi) is 7.51. The molecule has 1 heterocycles. The van der Waals surface area contributed by atoms with E-state index in [4.69, 9.17) is 9.47 Å². The number of nitrogens with zero attached hydrogens (tertiary/aromatic N) is 3. The van der Waals surface area contributed by atoms with Gasteiger partial charge < -0.3 is 20.1 Å². The Hall–Kier alpha value is -3.48. The molecule has 7 heteroatoms. The van der Waals surface area contributed by atoms with Gasteiger partial charge in [0.2, 0.25) is 0 Å². The Morgan fingerprint density at radius 1 is 1.03 bits per heavy atom. The first-order valence-electron chi connectivity index (χ1n) is 9.60. The SMILES string of the molecule is CN=C(NCCCn1cccn1)NCc1ccc(Oc2ccccc2OC)cc1. The van der Waals surface area contributed by atoms with Gasteiger partial charge in [0.25, 0.3) is 0 Å². The van der Waals surface area contributed by atoms with Gasteiger partial charge in [0, 0.05) is 39.1 Å². The summed E-state index contributed by atoms with van der Waals surface area (Å²) in [5.41, 5.74) is 1.14. The molecule has 2 N–H and O–H groups in total. The van der Waals surface area contributed by atoms with Gasteiger partial charge in [-0.2, -0.15) is 5.10 Å². The number of benzene rings is 2. The second-order valence-electron chi connectivity index (χ2n) is 6.37. The largest absolute Gasteiger partial charge is 0.493 e. The summed E-state index contributed by atoms with van der Waals surface area (Å²) in [4.78, 5) is 4.26. The van der Waals surface area contributed by atoms with Gasteiger partial charge in [-0.15, -0.1) is 0 Å². The Balaban J connectivity index is 1.43. The molecule has 0 atom stereocenters. The van der Waals surface area contributed by atoms with E-state index in [9.17, 15) is 0 Å². The van der Waals surface area contributed by atoms with Crippen molar-refractivity contribution in [3.63, 3.8) is 0 Å². The minimum atomic E-state index is 0.674. The standard InChI is InChI=1S/C22H27N5O2/c1-23-22(24-13-5-15-27-16-6-14-26-27)25-17-18-9-11-19(12-10-18)29-21-8-4-3-7-20(21)28-2/h3-4,6-12,14,16H,5,13,15,17H2,1-2H3,(H2,23,24,25). The lowest BCUT2D eigenvalue weighted by atomic mass is 10.2. The van der Waals surface area contributed by atoms with E-state index in [1.54, 1.807) is 20.4 Å². The monoisotopic (exact) mass is 393 g/mol. The molecular weight excluding hydrogens is 366 g/mol. The Morgan fingerprint density at radius 3 is 2.52 bits per heavy atom. The van der Waals surface area contributed by atoms with Gasteiger partial charge >= 0.3 is 0 Å². The third-order valence-electron chi connectivity index (χ3n) is 4.32. The zero-order valence-corrected chi connectivity index (χ0v) is 16.8. The average molecular weight is 393 g/mol. The smallest absolute Gasteiger partial charge is 0.191 e. The Labute approximate surface area is 171 Å². The van der Waals surface area contributed by atoms with E-state index in [0.717, 1.165) is 36.8 Å². The van der Waals surface area contributed by atoms with Gasteiger partial charge in [-0.3, -0.25) is 9.67 Å². The molecule has 1 aromatic heterocycles. The summed E-state index contributed by atoms with van der Waals surface area (Å²) in [5, 5.41) is 10.8. The van der Waals surface area contributed by atoms with Crippen LogP contribution >= 0.6 is 0 Å². The Bertz CT molecular complexity index is 892. The third-order valence-corrected chi connectivity index (χ3v) is 4.32. The van der Waals surface area contributed by atoms with Crippen molar-refractivity contribution in [2.24, 2.45) is 4.99 Å². The highest BCUT2D eigenvalue weighted by molar-refractivity contribution is 5.79. The normalized spacial score (nSPS) is 11.2. The molecule has 0 aliphatic carbocycles. The van der Waals surface area contributed by atoms with E-state index in [2.05, 4.69) is 20.7 Å². The number of aromatic nitrogens is 2. The molecule has 152 valence electrons. The molecule has 0 saturated heterocycles. The van der Waals surface area contributed by atoms with Crippen molar-refractivity contribution in [3.05, 3.63) is 72.6 Å². The summed E-state index contributed by atoms with van der Waals surface area (Å²) in [5.74, 6) is 2.94. The molecule has 0 aliphatic heterocycles. The molecule has 3 aromatic rings. The number of aryl methyl sites for hydroxylation is 1. The number of aliphatic imine (C=N–C) groups is 1. The summed E-state index contributed by atoms with van der Waals surface area (Å²) in [7, 11) is 3.41. The third kappa shape index (κ3) is 6.27. The van der Waals surface area contributed by atoms with Crippen LogP contribution < -0.4 is 20.1 Å². The van der Waals surface area contributed by atoms with Crippen LogP contribution in [0.4, 0.5) is 0 Å². The first-order chi connectivity index (χ1) is 14.3. The van der Waals surface area contributed by atoms with Crippen LogP contribution in [0.5, 0.6) is 17.2 Å². The zero-order chi connectivity index (χ0) is 20.3. The fourth-order valence-electron chi connectivity index (χ4n) is 2.79. The molecular formula is C22H27N5O2. The molecule has 0 bridgehead atoms. The van der Waals surface area contributed by atoms with Crippen molar-refractivity contribution in [3.8, 4) is 17.2 Å². The van der Waals surface area contributed by atoms with Crippen LogP contribution in [0, 0.1) is 0 Å². The molecule has 0 aliphatic rings.